The lowest BCUT2D eigenvalue weighted by Crippen LogP contribution is -2.60. The fourth-order valence-electron chi connectivity index (χ4n) is 4.55. The lowest BCUT2D eigenvalue weighted by atomic mass is 9.99. The number of primary amides is 1. The quantitative estimate of drug-likeness (QED) is 0.206. The zero-order valence-electron chi connectivity index (χ0n) is 22.2. The number of aromatic carboxylic acids is 1. The molecule has 3 rings (SSSR count). The van der Waals surface area contributed by atoms with E-state index in [-0.39, 0.29) is 28.4 Å². The highest BCUT2D eigenvalue weighted by molar-refractivity contribution is 7.21. The Labute approximate surface area is 234 Å². The minimum atomic E-state index is -1.69. The van der Waals surface area contributed by atoms with Gasteiger partial charge in [-0.1, -0.05) is 26.0 Å². The van der Waals surface area contributed by atoms with Crippen molar-refractivity contribution in [2.24, 2.45) is 11.7 Å². The molecule has 2 aromatic rings. The molecule has 0 spiro atoms. The van der Waals surface area contributed by atoms with Crippen LogP contribution in [0.1, 0.15) is 41.6 Å². The molecule has 1 aromatic heterocycles. The molecule has 1 saturated heterocycles. The zero-order chi connectivity index (χ0) is 29.9. The molecule has 1 fully saturated rings. The Kier molecular flexibility index (Phi) is 10.1. The molecule has 0 bridgehead atoms. The molecule has 7 atom stereocenters. The predicted octanol–water partition coefficient (Wildman–Crippen LogP) is 0.974. The Hall–Kier alpha value is -3.27. The Morgan fingerprint density at radius 3 is 2.42 bits per heavy atom. The van der Waals surface area contributed by atoms with Gasteiger partial charge in [-0.15, -0.1) is 17.9 Å². The van der Waals surface area contributed by atoms with E-state index in [9.17, 15) is 39.9 Å². The molecule has 1 aliphatic heterocycles. The number of aliphatic hydroxyl groups is 4. The number of rotatable bonds is 11. The molecule has 14 heteroatoms. The van der Waals surface area contributed by atoms with Crippen LogP contribution in [-0.4, -0.2) is 98.8 Å². The number of benzene rings is 1. The number of ether oxygens (including phenoxy) is 3. The molecule has 7 N–H and O–H groups in total. The number of amides is 2. The van der Waals surface area contributed by atoms with Gasteiger partial charge in [0.05, 0.1) is 6.61 Å². The van der Waals surface area contributed by atoms with Gasteiger partial charge in [0.25, 0.3) is 0 Å². The van der Waals surface area contributed by atoms with Gasteiger partial charge in [0, 0.05) is 29.1 Å². The van der Waals surface area contributed by atoms with Crippen molar-refractivity contribution in [1.82, 2.24) is 4.90 Å². The van der Waals surface area contributed by atoms with Crippen molar-refractivity contribution >= 4 is 39.4 Å². The van der Waals surface area contributed by atoms with Gasteiger partial charge in [0.15, 0.2) is 0 Å². The normalized spacial score (nSPS) is 24.4. The number of aliphatic hydroxyl groups excluding tert-OH is 4. The molecule has 2 heterocycles. The molecular formula is C26H34N2O11S. The average molecular weight is 583 g/mol. The second-order valence-corrected chi connectivity index (χ2v) is 10.8. The second-order valence-electron chi connectivity index (χ2n) is 9.73. The maximum absolute atomic E-state index is 13.0. The number of hydrogen-bond donors (Lipinski definition) is 6. The summed E-state index contributed by atoms with van der Waals surface area (Å²) in [7, 11) is 1.39. The van der Waals surface area contributed by atoms with Gasteiger partial charge in [-0.2, -0.15) is 0 Å². The van der Waals surface area contributed by atoms with Crippen LogP contribution in [0.2, 0.25) is 0 Å². The van der Waals surface area contributed by atoms with Crippen LogP contribution in [0.4, 0.5) is 4.79 Å². The molecule has 220 valence electrons. The van der Waals surface area contributed by atoms with E-state index in [2.05, 4.69) is 6.58 Å². The molecule has 2 amide bonds. The smallest absolute Gasteiger partial charge is 0.410 e. The molecule has 40 heavy (non-hydrogen) atoms. The summed E-state index contributed by atoms with van der Waals surface area (Å²) in [6.07, 6.45) is -7.76. The second kappa shape index (κ2) is 12.9. The van der Waals surface area contributed by atoms with Crippen molar-refractivity contribution in [3.63, 3.8) is 0 Å². The highest BCUT2D eigenvalue weighted by atomic mass is 32.1. The van der Waals surface area contributed by atoms with Crippen LogP contribution in [0.5, 0.6) is 5.75 Å². The first kappa shape index (κ1) is 31.3. The number of carbonyl (C=O) groups is 3. The number of likely N-dealkylation sites (N-methyl/N-ethyl adjacent to an activating group) is 1. The number of carbonyl (C=O) groups excluding carboxylic acids is 2. The highest BCUT2D eigenvalue weighted by Gasteiger charge is 2.45. The first-order valence-electron chi connectivity index (χ1n) is 12.4. The molecular weight excluding hydrogens is 548 g/mol. The SMILES string of the molecule is C=CCC(OC(=O)N(C)[C@H](C(N)=O)C(C)C)c1ccc(O[C@@H]2O[C@H](CO)[C@H](O)[C@H](O)[C@H]2O)c2cc(C(=O)O)sc12. The van der Waals surface area contributed by atoms with Crippen molar-refractivity contribution in [1.29, 1.82) is 0 Å². The predicted molar refractivity (Wildman–Crippen MR) is 143 cm³/mol. The first-order chi connectivity index (χ1) is 18.8. The number of nitrogens with zero attached hydrogens (tertiary/aromatic N) is 1. The van der Waals surface area contributed by atoms with E-state index in [1.54, 1.807) is 19.9 Å². The van der Waals surface area contributed by atoms with Crippen molar-refractivity contribution in [3.8, 4) is 5.75 Å². The van der Waals surface area contributed by atoms with Gasteiger partial charge < -0.3 is 45.5 Å². The number of thiophene rings is 1. The standard InChI is InChI=1S/C26H34N2O11S/c1-5-6-14(39-26(36)28(4)18(11(2)3)23(27)33)12-7-8-15(13-9-17(24(34)35)40-22(12)13)37-25-21(32)20(31)19(30)16(10-29)38-25/h5,7-9,11,14,16,18-21,25,29-32H,1,6,10H2,2-4H3,(H2,27,33)(H,34,35)/t14?,16-,18+,19+,20+,21-,25-/m1/s1. The highest BCUT2D eigenvalue weighted by Crippen LogP contribution is 2.41. The maximum atomic E-state index is 13.0. The molecule has 1 aromatic carbocycles. The third-order valence-electron chi connectivity index (χ3n) is 6.58. The summed E-state index contributed by atoms with van der Waals surface area (Å²) in [6, 6.07) is 3.41. The van der Waals surface area contributed by atoms with Gasteiger partial charge in [0.1, 0.15) is 47.2 Å². The summed E-state index contributed by atoms with van der Waals surface area (Å²) < 4.78 is 17.3. The monoisotopic (exact) mass is 582 g/mol. The fraction of sp³-hybridized carbons (Fsp3) is 0.500. The van der Waals surface area contributed by atoms with E-state index >= 15 is 0 Å². The molecule has 13 nitrogen and oxygen atoms in total. The molecule has 0 saturated carbocycles. The minimum absolute atomic E-state index is 0.0597. The van der Waals surface area contributed by atoms with Gasteiger partial charge in [0.2, 0.25) is 12.2 Å². The molecule has 1 unspecified atom stereocenters. The van der Waals surface area contributed by atoms with Crippen LogP contribution in [0, 0.1) is 5.92 Å². The van der Waals surface area contributed by atoms with E-state index in [0.29, 0.717) is 10.3 Å². The van der Waals surface area contributed by atoms with Crippen molar-refractivity contribution in [2.45, 2.75) is 63.1 Å². The van der Waals surface area contributed by atoms with Crippen LogP contribution in [0.25, 0.3) is 10.1 Å². The fourth-order valence-corrected chi connectivity index (χ4v) is 5.62. The summed E-state index contributed by atoms with van der Waals surface area (Å²) in [6.45, 7) is 6.52. The Morgan fingerprint density at radius 1 is 1.20 bits per heavy atom. The third kappa shape index (κ3) is 6.37. The Morgan fingerprint density at radius 2 is 1.88 bits per heavy atom. The Balaban J connectivity index is 2.01. The zero-order valence-corrected chi connectivity index (χ0v) is 23.0. The summed E-state index contributed by atoms with van der Waals surface area (Å²) in [5.74, 6) is -2.13. The first-order valence-corrected chi connectivity index (χ1v) is 13.2. The van der Waals surface area contributed by atoms with Crippen LogP contribution < -0.4 is 10.5 Å². The van der Waals surface area contributed by atoms with Gasteiger partial charge >= 0.3 is 12.1 Å². The van der Waals surface area contributed by atoms with E-state index in [1.807, 2.05) is 0 Å². The topological polar surface area (TPSA) is 209 Å². The minimum Gasteiger partial charge on any atom is -0.477 e. The summed E-state index contributed by atoms with van der Waals surface area (Å²) in [5.41, 5.74) is 5.90. The number of carboxylic acids is 1. The van der Waals surface area contributed by atoms with Crippen LogP contribution in [0.15, 0.2) is 30.9 Å². The van der Waals surface area contributed by atoms with Crippen molar-refractivity contribution < 1.29 is 54.1 Å². The summed E-state index contributed by atoms with van der Waals surface area (Å²) in [5, 5.41) is 49.9. The number of hydrogen-bond acceptors (Lipinski definition) is 11. The van der Waals surface area contributed by atoms with Crippen molar-refractivity contribution in [2.75, 3.05) is 13.7 Å². The number of fused-ring (bicyclic) bond motifs is 1. The lowest BCUT2D eigenvalue weighted by molar-refractivity contribution is -0.277. The number of carboxylic acid groups (broad SMARTS) is 1. The van der Waals surface area contributed by atoms with Crippen LogP contribution >= 0.6 is 11.3 Å². The van der Waals surface area contributed by atoms with E-state index < -0.39 is 67.4 Å². The Bertz CT molecular complexity index is 1250. The lowest BCUT2D eigenvalue weighted by Gasteiger charge is -2.39. The van der Waals surface area contributed by atoms with Gasteiger partial charge in [-0.25, -0.2) is 9.59 Å². The van der Waals surface area contributed by atoms with Crippen LogP contribution in [0.3, 0.4) is 0 Å². The molecule has 0 radical (unpaired) electrons. The molecule has 0 aliphatic carbocycles. The van der Waals surface area contributed by atoms with E-state index in [1.165, 1.54) is 25.3 Å². The largest absolute Gasteiger partial charge is 0.477 e. The van der Waals surface area contributed by atoms with Crippen LogP contribution in [-0.2, 0) is 14.3 Å². The number of nitrogens with two attached hydrogens (primary N) is 1. The van der Waals surface area contributed by atoms with E-state index in [4.69, 9.17) is 19.9 Å². The average Bonchev–Trinajstić information content (AvgIpc) is 3.35. The summed E-state index contributed by atoms with van der Waals surface area (Å²) >= 11 is 0.895. The van der Waals surface area contributed by atoms with E-state index in [0.717, 1.165) is 16.2 Å². The van der Waals surface area contributed by atoms with Gasteiger partial charge in [-0.3, -0.25) is 9.69 Å². The summed E-state index contributed by atoms with van der Waals surface area (Å²) in [4.78, 5) is 37.8. The third-order valence-corrected chi connectivity index (χ3v) is 7.75. The van der Waals surface area contributed by atoms with Gasteiger partial charge in [-0.05, 0) is 18.1 Å². The molecule has 1 aliphatic rings. The van der Waals surface area contributed by atoms with Crippen molar-refractivity contribution in [3.05, 3.63) is 41.3 Å². The maximum Gasteiger partial charge on any atom is 0.410 e.